The zero-order chi connectivity index (χ0) is 14.7. The van der Waals surface area contributed by atoms with Gasteiger partial charge < -0.3 is 4.90 Å². The molecule has 0 bridgehead atoms. The number of hydrogen-bond donors (Lipinski definition) is 0. The van der Waals surface area contributed by atoms with E-state index in [1.165, 1.54) is 6.07 Å². The molecule has 104 valence electrons. The Hall–Kier alpha value is -2.16. The smallest absolute Gasteiger partial charge is 0.256 e. The van der Waals surface area contributed by atoms with Gasteiger partial charge in [0.05, 0.1) is 5.56 Å². The summed E-state index contributed by atoms with van der Waals surface area (Å²) in [5.41, 5.74) is 2.80. The van der Waals surface area contributed by atoms with Crippen LogP contribution in [-0.2, 0) is 6.54 Å². The molecule has 0 unspecified atom stereocenters. The van der Waals surface area contributed by atoms with Gasteiger partial charge in [0.2, 0.25) is 0 Å². The molecular weight excluding hydrogens is 253 g/mol. The third-order valence-corrected chi connectivity index (χ3v) is 3.44. The van der Waals surface area contributed by atoms with Crippen LogP contribution in [0.25, 0.3) is 0 Å². The van der Waals surface area contributed by atoms with E-state index >= 15 is 0 Å². The number of rotatable bonds is 3. The maximum Gasteiger partial charge on any atom is 0.256 e. The van der Waals surface area contributed by atoms with E-state index < -0.39 is 5.82 Å². The van der Waals surface area contributed by atoms with Gasteiger partial charge in [0.15, 0.2) is 0 Å². The molecule has 0 radical (unpaired) electrons. The number of halogens is 1. The molecule has 0 aliphatic carbocycles. The fraction of sp³-hybridized carbons (Fsp3) is 0.235. The van der Waals surface area contributed by atoms with E-state index in [9.17, 15) is 9.18 Å². The molecule has 2 aromatic carbocycles. The van der Waals surface area contributed by atoms with Crippen molar-refractivity contribution in [1.82, 2.24) is 4.90 Å². The molecular formula is C17H18FNO. The minimum atomic E-state index is -0.436. The molecule has 0 aromatic heterocycles. The maximum absolute atomic E-state index is 14.0. The number of carbonyl (C=O) groups excluding carboxylic acids is 1. The summed E-state index contributed by atoms with van der Waals surface area (Å²) < 4.78 is 14.0. The Morgan fingerprint density at radius 1 is 1.05 bits per heavy atom. The van der Waals surface area contributed by atoms with Crippen molar-refractivity contribution in [1.29, 1.82) is 0 Å². The van der Waals surface area contributed by atoms with Crippen LogP contribution in [0.2, 0.25) is 0 Å². The molecule has 2 aromatic rings. The summed E-state index contributed by atoms with van der Waals surface area (Å²) in [5.74, 6) is -0.733. The second-order valence-electron chi connectivity index (χ2n) is 5.02. The third kappa shape index (κ3) is 2.87. The van der Waals surface area contributed by atoms with E-state index in [4.69, 9.17) is 0 Å². The fourth-order valence-corrected chi connectivity index (χ4v) is 2.13. The van der Waals surface area contributed by atoms with Gasteiger partial charge in [-0.25, -0.2) is 4.39 Å². The van der Waals surface area contributed by atoms with Crippen LogP contribution in [0.1, 0.15) is 27.0 Å². The third-order valence-electron chi connectivity index (χ3n) is 3.44. The Balaban J connectivity index is 2.21. The molecule has 0 saturated carbocycles. The molecule has 0 aliphatic heterocycles. The second-order valence-corrected chi connectivity index (χ2v) is 5.02. The zero-order valence-corrected chi connectivity index (χ0v) is 12.0. The van der Waals surface area contributed by atoms with E-state index in [1.54, 1.807) is 31.0 Å². The van der Waals surface area contributed by atoms with Crippen molar-refractivity contribution in [3.63, 3.8) is 0 Å². The molecule has 0 heterocycles. The summed E-state index contributed by atoms with van der Waals surface area (Å²) in [4.78, 5) is 13.9. The van der Waals surface area contributed by atoms with Gasteiger partial charge in [-0.3, -0.25) is 4.79 Å². The topological polar surface area (TPSA) is 20.3 Å². The SMILES string of the molecule is Cc1ccccc1CN(C)C(=O)c1cccc(C)c1F. The summed E-state index contributed by atoms with van der Waals surface area (Å²) in [5, 5.41) is 0. The first-order valence-electron chi connectivity index (χ1n) is 6.56. The number of carbonyl (C=O) groups is 1. The molecule has 3 heteroatoms. The van der Waals surface area contributed by atoms with Crippen molar-refractivity contribution in [2.75, 3.05) is 7.05 Å². The first kappa shape index (κ1) is 14.3. The summed E-state index contributed by atoms with van der Waals surface area (Å²) in [6.07, 6.45) is 0. The molecule has 1 amide bonds. The number of nitrogens with zero attached hydrogens (tertiary/aromatic N) is 1. The van der Waals surface area contributed by atoms with Gasteiger partial charge >= 0.3 is 0 Å². The van der Waals surface area contributed by atoms with Gasteiger partial charge in [-0.1, -0.05) is 36.4 Å². The van der Waals surface area contributed by atoms with E-state index in [0.717, 1.165) is 11.1 Å². The highest BCUT2D eigenvalue weighted by Gasteiger charge is 2.17. The molecule has 0 saturated heterocycles. The lowest BCUT2D eigenvalue weighted by Gasteiger charge is -2.19. The first-order valence-corrected chi connectivity index (χ1v) is 6.56. The van der Waals surface area contributed by atoms with Gasteiger partial charge in [-0.2, -0.15) is 0 Å². The normalized spacial score (nSPS) is 10.4. The Kier molecular flexibility index (Phi) is 4.18. The Morgan fingerprint density at radius 3 is 2.40 bits per heavy atom. The first-order chi connectivity index (χ1) is 9.50. The van der Waals surface area contributed by atoms with Crippen molar-refractivity contribution in [3.05, 3.63) is 70.5 Å². The van der Waals surface area contributed by atoms with Gasteiger partial charge in [-0.05, 0) is 36.6 Å². The summed E-state index contributed by atoms with van der Waals surface area (Å²) in [6.45, 7) is 4.13. The Bertz CT molecular complexity index is 637. The zero-order valence-electron chi connectivity index (χ0n) is 12.0. The largest absolute Gasteiger partial charge is 0.337 e. The average Bonchev–Trinajstić information content (AvgIpc) is 2.43. The number of benzene rings is 2. The molecule has 2 rings (SSSR count). The molecule has 0 fully saturated rings. The highest BCUT2D eigenvalue weighted by Crippen LogP contribution is 2.16. The molecule has 2 nitrogen and oxygen atoms in total. The summed E-state index contributed by atoms with van der Waals surface area (Å²) >= 11 is 0. The average molecular weight is 271 g/mol. The van der Waals surface area contributed by atoms with Crippen LogP contribution in [-0.4, -0.2) is 17.9 Å². The number of amides is 1. The van der Waals surface area contributed by atoms with Crippen molar-refractivity contribution in [2.24, 2.45) is 0 Å². The van der Waals surface area contributed by atoms with Crippen LogP contribution < -0.4 is 0 Å². The predicted octanol–water partition coefficient (Wildman–Crippen LogP) is 3.71. The number of hydrogen-bond acceptors (Lipinski definition) is 1. The van der Waals surface area contributed by atoms with Gasteiger partial charge in [-0.15, -0.1) is 0 Å². The van der Waals surface area contributed by atoms with E-state index in [2.05, 4.69) is 0 Å². The number of aryl methyl sites for hydroxylation is 2. The maximum atomic E-state index is 14.0. The van der Waals surface area contributed by atoms with Crippen molar-refractivity contribution < 1.29 is 9.18 Å². The van der Waals surface area contributed by atoms with E-state index in [0.29, 0.717) is 12.1 Å². The van der Waals surface area contributed by atoms with Crippen LogP contribution in [0.15, 0.2) is 42.5 Å². The van der Waals surface area contributed by atoms with Crippen molar-refractivity contribution in [3.8, 4) is 0 Å². The molecule has 0 atom stereocenters. The van der Waals surface area contributed by atoms with Gasteiger partial charge in [0.25, 0.3) is 5.91 Å². The van der Waals surface area contributed by atoms with Crippen molar-refractivity contribution in [2.45, 2.75) is 20.4 Å². The molecule has 0 aliphatic rings. The minimum absolute atomic E-state index is 0.126. The highest BCUT2D eigenvalue weighted by molar-refractivity contribution is 5.94. The van der Waals surface area contributed by atoms with Crippen LogP contribution in [0, 0.1) is 19.7 Å². The van der Waals surface area contributed by atoms with Crippen LogP contribution in [0.3, 0.4) is 0 Å². The quantitative estimate of drug-likeness (QED) is 0.833. The predicted molar refractivity (Wildman–Crippen MR) is 78.1 cm³/mol. The Labute approximate surface area is 118 Å². The monoisotopic (exact) mass is 271 g/mol. The Morgan fingerprint density at radius 2 is 1.70 bits per heavy atom. The fourth-order valence-electron chi connectivity index (χ4n) is 2.13. The lowest BCUT2D eigenvalue weighted by molar-refractivity contribution is 0.0780. The van der Waals surface area contributed by atoms with Gasteiger partial charge in [0.1, 0.15) is 5.82 Å². The summed E-state index contributed by atoms with van der Waals surface area (Å²) in [7, 11) is 1.69. The minimum Gasteiger partial charge on any atom is -0.337 e. The van der Waals surface area contributed by atoms with E-state index in [-0.39, 0.29) is 11.5 Å². The molecule has 20 heavy (non-hydrogen) atoms. The second kappa shape index (κ2) is 5.87. The van der Waals surface area contributed by atoms with Crippen molar-refractivity contribution >= 4 is 5.91 Å². The van der Waals surface area contributed by atoms with Gasteiger partial charge in [0, 0.05) is 13.6 Å². The summed E-state index contributed by atoms with van der Waals surface area (Å²) in [6, 6.07) is 12.8. The lowest BCUT2D eigenvalue weighted by Crippen LogP contribution is -2.27. The van der Waals surface area contributed by atoms with Crippen LogP contribution >= 0.6 is 0 Å². The van der Waals surface area contributed by atoms with Crippen LogP contribution in [0.5, 0.6) is 0 Å². The van der Waals surface area contributed by atoms with Crippen LogP contribution in [0.4, 0.5) is 4.39 Å². The molecule has 0 N–H and O–H groups in total. The highest BCUT2D eigenvalue weighted by atomic mass is 19.1. The standard InChI is InChI=1S/C17H18FNO/c1-12-7-4-5-9-14(12)11-19(3)17(20)15-10-6-8-13(2)16(15)18/h4-10H,11H2,1-3H3. The lowest BCUT2D eigenvalue weighted by atomic mass is 10.1. The van der Waals surface area contributed by atoms with E-state index in [1.807, 2.05) is 31.2 Å². The molecule has 0 spiro atoms.